The second kappa shape index (κ2) is 9.47. The summed E-state index contributed by atoms with van der Waals surface area (Å²) in [4.78, 5) is 7.48. The molecule has 2 heterocycles. The zero-order chi connectivity index (χ0) is 17.4. The lowest BCUT2D eigenvalue weighted by Crippen LogP contribution is -2.43. The van der Waals surface area contributed by atoms with Gasteiger partial charge >= 0.3 is 0 Å². The van der Waals surface area contributed by atoms with Crippen molar-refractivity contribution in [2.24, 2.45) is 12.0 Å². The summed E-state index contributed by atoms with van der Waals surface area (Å²) in [5.41, 5.74) is 1.27. The number of aromatic nitrogens is 2. The second-order valence-electron chi connectivity index (χ2n) is 6.15. The third-order valence-electron chi connectivity index (χ3n) is 3.68. The van der Waals surface area contributed by atoms with E-state index >= 15 is 0 Å². The van der Waals surface area contributed by atoms with Crippen molar-refractivity contribution >= 4 is 17.3 Å². The summed E-state index contributed by atoms with van der Waals surface area (Å²) in [5.74, 6) is 0.907. The van der Waals surface area contributed by atoms with Gasteiger partial charge in [0.05, 0.1) is 6.20 Å². The topological polar surface area (TPSA) is 54.2 Å². The fourth-order valence-corrected chi connectivity index (χ4v) is 3.60. The molecule has 2 aromatic rings. The van der Waals surface area contributed by atoms with Gasteiger partial charge in [0.15, 0.2) is 5.96 Å². The van der Waals surface area contributed by atoms with Gasteiger partial charge in [0.1, 0.15) is 0 Å². The quantitative estimate of drug-likeness (QED) is 0.439. The number of aryl methyl sites for hydroxylation is 3. The van der Waals surface area contributed by atoms with Gasteiger partial charge in [-0.3, -0.25) is 9.67 Å². The lowest BCUT2D eigenvalue weighted by atomic mass is 10.2. The first kappa shape index (κ1) is 18.5. The highest BCUT2D eigenvalue weighted by Gasteiger charge is 2.07. The molecule has 0 aromatic carbocycles. The predicted molar refractivity (Wildman–Crippen MR) is 103 cm³/mol. The molecule has 2 rings (SSSR count). The number of rotatable bonds is 8. The van der Waals surface area contributed by atoms with Crippen LogP contribution in [-0.2, 0) is 19.9 Å². The zero-order valence-electron chi connectivity index (χ0n) is 15.2. The van der Waals surface area contributed by atoms with Crippen molar-refractivity contribution in [3.63, 3.8) is 0 Å². The largest absolute Gasteiger partial charge is 0.357 e. The van der Waals surface area contributed by atoms with Crippen LogP contribution >= 0.6 is 11.3 Å². The maximum Gasteiger partial charge on any atom is 0.191 e. The molecule has 0 amide bonds. The molecule has 2 aromatic heterocycles. The van der Waals surface area contributed by atoms with Crippen molar-refractivity contribution in [3.05, 3.63) is 39.8 Å². The number of thiophene rings is 1. The van der Waals surface area contributed by atoms with Gasteiger partial charge in [0, 0.05) is 48.6 Å². The molecule has 0 fully saturated rings. The molecule has 0 saturated heterocycles. The summed E-state index contributed by atoms with van der Waals surface area (Å²) < 4.78 is 1.85. The fourth-order valence-electron chi connectivity index (χ4n) is 2.58. The Morgan fingerprint density at radius 3 is 2.88 bits per heavy atom. The molecule has 24 heavy (non-hydrogen) atoms. The zero-order valence-corrected chi connectivity index (χ0v) is 16.0. The molecule has 0 saturated carbocycles. The maximum absolute atomic E-state index is 4.69. The molecule has 1 atom stereocenters. The number of aliphatic imine (C=N–C) groups is 1. The van der Waals surface area contributed by atoms with E-state index in [4.69, 9.17) is 4.99 Å². The van der Waals surface area contributed by atoms with Gasteiger partial charge in [-0.05, 0) is 51.3 Å². The van der Waals surface area contributed by atoms with E-state index in [0.717, 1.165) is 38.3 Å². The van der Waals surface area contributed by atoms with Gasteiger partial charge < -0.3 is 10.6 Å². The second-order valence-corrected chi connectivity index (χ2v) is 7.52. The Hall–Kier alpha value is -1.82. The molecule has 6 heteroatoms. The number of nitrogens with one attached hydrogen (secondary N) is 2. The number of nitrogens with zero attached hydrogens (tertiary/aromatic N) is 3. The van der Waals surface area contributed by atoms with Crippen molar-refractivity contribution in [1.82, 2.24) is 20.4 Å². The highest BCUT2D eigenvalue weighted by Crippen LogP contribution is 2.16. The van der Waals surface area contributed by atoms with Gasteiger partial charge in [-0.25, -0.2) is 0 Å². The first-order valence-corrected chi connectivity index (χ1v) is 9.46. The van der Waals surface area contributed by atoms with Crippen molar-refractivity contribution in [1.29, 1.82) is 0 Å². The van der Waals surface area contributed by atoms with E-state index in [1.165, 1.54) is 15.3 Å². The molecule has 132 valence electrons. The standard InChI is InChI=1S/C18H29N5S/c1-5-19-18(20-10-6-7-16-12-21-23(4)13-16)22-14(2)11-17-9-8-15(3)24-17/h8-9,12-14H,5-7,10-11H2,1-4H3,(H2,19,20,22). The Bertz CT molecular complexity index is 643. The summed E-state index contributed by atoms with van der Waals surface area (Å²) in [6.07, 6.45) is 7.07. The first-order chi connectivity index (χ1) is 11.6. The summed E-state index contributed by atoms with van der Waals surface area (Å²) in [7, 11) is 1.95. The minimum Gasteiger partial charge on any atom is -0.357 e. The van der Waals surface area contributed by atoms with E-state index in [1.54, 1.807) is 0 Å². The van der Waals surface area contributed by atoms with Crippen LogP contribution in [0.15, 0.2) is 29.5 Å². The van der Waals surface area contributed by atoms with Crippen LogP contribution in [-0.4, -0.2) is 34.9 Å². The Labute approximate surface area is 149 Å². The molecule has 0 aliphatic heterocycles. The van der Waals surface area contributed by atoms with Gasteiger partial charge in [-0.15, -0.1) is 11.3 Å². The van der Waals surface area contributed by atoms with Crippen molar-refractivity contribution in [3.8, 4) is 0 Å². The molecule has 0 aliphatic rings. The van der Waals surface area contributed by atoms with Crippen LogP contribution in [0.1, 0.15) is 35.6 Å². The van der Waals surface area contributed by atoms with E-state index in [1.807, 2.05) is 29.3 Å². The fraction of sp³-hybridized carbons (Fsp3) is 0.556. The molecule has 0 aliphatic carbocycles. The Kier molecular flexibility index (Phi) is 7.31. The minimum absolute atomic E-state index is 0.360. The highest BCUT2D eigenvalue weighted by atomic mass is 32.1. The Morgan fingerprint density at radius 1 is 1.42 bits per heavy atom. The Balaban J connectivity index is 1.78. The van der Waals surface area contributed by atoms with Crippen LogP contribution in [0.4, 0.5) is 0 Å². The van der Waals surface area contributed by atoms with Crippen LogP contribution in [0.5, 0.6) is 0 Å². The van der Waals surface area contributed by atoms with Crippen molar-refractivity contribution in [2.75, 3.05) is 13.1 Å². The molecule has 0 radical (unpaired) electrons. The van der Waals surface area contributed by atoms with Crippen LogP contribution in [0.2, 0.25) is 0 Å². The normalized spacial score (nSPS) is 13.1. The molecule has 5 nitrogen and oxygen atoms in total. The SMILES string of the molecule is CCNC(=NCCCc1cnn(C)c1)NC(C)Cc1ccc(C)s1. The number of guanidine groups is 1. The van der Waals surface area contributed by atoms with E-state index in [9.17, 15) is 0 Å². The average Bonchev–Trinajstić information content (AvgIpc) is 3.12. The minimum atomic E-state index is 0.360. The molecular weight excluding hydrogens is 318 g/mol. The van der Waals surface area contributed by atoms with Gasteiger partial charge in [0.2, 0.25) is 0 Å². The molecular formula is C18H29N5S. The van der Waals surface area contributed by atoms with E-state index in [-0.39, 0.29) is 0 Å². The predicted octanol–water partition coefficient (Wildman–Crippen LogP) is 2.91. The highest BCUT2D eigenvalue weighted by molar-refractivity contribution is 7.11. The van der Waals surface area contributed by atoms with E-state index < -0.39 is 0 Å². The third-order valence-corrected chi connectivity index (χ3v) is 4.71. The average molecular weight is 348 g/mol. The first-order valence-electron chi connectivity index (χ1n) is 8.64. The smallest absolute Gasteiger partial charge is 0.191 e. The number of hydrogen-bond acceptors (Lipinski definition) is 3. The van der Waals surface area contributed by atoms with Gasteiger partial charge in [-0.2, -0.15) is 5.10 Å². The lowest BCUT2D eigenvalue weighted by Gasteiger charge is -2.17. The maximum atomic E-state index is 4.69. The van der Waals surface area contributed by atoms with Crippen LogP contribution in [0.3, 0.4) is 0 Å². The van der Waals surface area contributed by atoms with E-state index in [2.05, 4.69) is 54.8 Å². The van der Waals surface area contributed by atoms with Crippen molar-refractivity contribution < 1.29 is 0 Å². The monoisotopic (exact) mass is 347 g/mol. The third kappa shape index (κ3) is 6.35. The molecule has 1 unspecified atom stereocenters. The van der Waals surface area contributed by atoms with Crippen LogP contribution in [0.25, 0.3) is 0 Å². The summed E-state index contributed by atoms with van der Waals surface area (Å²) in [6, 6.07) is 4.76. The van der Waals surface area contributed by atoms with E-state index in [0.29, 0.717) is 6.04 Å². The van der Waals surface area contributed by atoms with Crippen LogP contribution < -0.4 is 10.6 Å². The Morgan fingerprint density at radius 2 is 2.25 bits per heavy atom. The van der Waals surface area contributed by atoms with Gasteiger partial charge in [0.25, 0.3) is 0 Å². The van der Waals surface area contributed by atoms with Crippen molar-refractivity contribution in [2.45, 2.75) is 46.1 Å². The molecule has 2 N–H and O–H groups in total. The molecule has 0 bridgehead atoms. The molecule has 0 spiro atoms. The summed E-state index contributed by atoms with van der Waals surface area (Å²) in [6.45, 7) is 8.14. The lowest BCUT2D eigenvalue weighted by molar-refractivity contribution is 0.644. The summed E-state index contributed by atoms with van der Waals surface area (Å²) in [5, 5.41) is 11.0. The van der Waals surface area contributed by atoms with Gasteiger partial charge in [-0.1, -0.05) is 0 Å². The number of hydrogen-bond donors (Lipinski definition) is 2. The summed E-state index contributed by atoms with van der Waals surface area (Å²) >= 11 is 1.87. The van der Waals surface area contributed by atoms with Crippen LogP contribution in [0, 0.1) is 6.92 Å².